The van der Waals surface area contributed by atoms with Crippen LogP contribution in [0.25, 0.3) is 0 Å². The van der Waals surface area contributed by atoms with Crippen LogP contribution < -0.4 is 0 Å². The number of nitrogens with zero attached hydrogens (tertiary/aromatic N) is 2. The number of imide groups is 1. The highest BCUT2D eigenvalue weighted by Gasteiger charge is 2.37. The average Bonchev–Trinajstić information content (AvgIpc) is 2.62. The van der Waals surface area contributed by atoms with Crippen LogP contribution in [-0.4, -0.2) is 47.5 Å². The lowest BCUT2D eigenvalue weighted by molar-refractivity contribution is -0.158. The zero-order valence-electron chi connectivity index (χ0n) is 11.4. The molecule has 3 amide bonds. The Bertz CT molecular complexity index is 436. The van der Waals surface area contributed by atoms with E-state index in [-0.39, 0.29) is 19.8 Å². The van der Waals surface area contributed by atoms with Gasteiger partial charge in [-0.2, -0.15) is 0 Å². The van der Waals surface area contributed by atoms with Gasteiger partial charge >= 0.3 is 12.0 Å². The number of carbonyl (C=O) groups is 3. The lowest BCUT2D eigenvalue weighted by Gasteiger charge is -2.22. The third-order valence-corrected chi connectivity index (χ3v) is 3.17. The van der Waals surface area contributed by atoms with Crippen molar-refractivity contribution in [3.05, 3.63) is 0 Å². The summed E-state index contributed by atoms with van der Waals surface area (Å²) < 4.78 is 5.02. The predicted octanol–water partition coefficient (Wildman–Crippen LogP) is 0.821. The van der Waals surface area contributed by atoms with E-state index in [1.165, 1.54) is 4.90 Å². The fourth-order valence-electron chi connectivity index (χ4n) is 1.42. The second kappa shape index (κ2) is 5.74. The minimum atomic E-state index is -0.635. The number of urea groups is 1. The zero-order chi connectivity index (χ0) is 14.6. The zero-order valence-corrected chi connectivity index (χ0v) is 11.4. The van der Waals surface area contributed by atoms with E-state index in [1.54, 1.807) is 13.8 Å². The molecule has 1 heterocycles. The van der Waals surface area contributed by atoms with Crippen LogP contribution in [0.3, 0.4) is 0 Å². The molecule has 0 aliphatic carbocycles. The predicted molar refractivity (Wildman–Crippen MR) is 67.7 cm³/mol. The van der Waals surface area contributed by atoms with E-state index in [4.69, 9.17) is 11.2 Å². The van der Waals surface area contributed by atoms with Gasteiger partial charge in [0.05, 0.1) is 12.0 Å². The molecule has 19 heavy (non-hydrogen) atoms. The van der Waals surface area contributed by atoms with E-state index in [1.807, 2.05) is 6.92 Å². The molecule has 0 unspecified atom stereocenters. The molecule has 104 valence electrons. The molecule has 6 heteroatoms. The van der Waals surface area contributed by atoms with Crippen LogP contribution in [0.1, 0.15) is 27.2 Å². The van der Waals surface area contributed by atoms with Gasteiger partial charge in [-0.15, -0.1) is 6.42 Å². The van der Waals surface area contributed by atoms with Crippen molar-refractivity contribution < 1.29 is 19.1 Å². The highest BCUT2D eigenvalue weighted by atomic mass is 16.5. The van der Waals surface area contributed by atoms with E-state index in [9.17, 15) is 14.4 Å². The molecule has 0 aromatic rings. The van der Waals surface area contributed by atoms with Crippen LogP contribution in [-0.2, 0) is 14.3 Å². The van der Waals surface area contributed by atoms with Gasteiger partial charge in [-0.25, -0.2) is 9.69 Å². The number of hydrogen-bond acceptors (Lipinski definition) is 4. The van der Waals surface area contributed by atoms with Gasteiger partial charge in [0, 0.05) is 0 Å². The molecular weight excluding hydrogens is 248 g/mol. The van der Waals surface area contributed by atoms with Gasteiger partial charge < -0.3 is 9.64 Å². The number of hydrogen-bond donors (Lipinski definition) is 0. The number of esters is 1. The Balaban J connectivity index is 2.59. The molecule has 6 nitrogen and oxygen atoms in total. The SMILES string of the molecule is C#CCN1CC(=O)N(COC(=O)C(C)(C)CC)C1=O. The fourth-order valence-corrected chi connectivity index (χ4v) is 1.42. The second-order valence-electron chi connectivity index (χ2n) is 4.96. The fraction of sp³-hybridized carbons (Fsp3) is 0.615. The van der Waals surface area contributed by atoms with Gasteiger partial charge in [-0.1, -0.05) is 12.8 Å². The summed E-state index contributed by atoms with van der Waals surface area (Å²) in [7, 11) is 0. The molecule has 0 bridgehead atoms. The molecule has 0 atom stereocenters. The van der Waals surface area contributed by atoms with Crippen LogP contribution in [0, 0.1) is 17.8 Å². The summed E-state index contributed by atoms with van der Waals surface area (Å²) >= 11 is 0. The lowest BCUT2D eigenvalue weighted by atomic mass is 9.91. The molecule has 0 aromatic heterocycles. The van der Waals surface area contributed by atoms with Gasteiger partial charge in [-0.3, -0.25) is 9.59 Å². The Labute approximate surface area is 112 Å². The molecular formula is C13H18N2O4. The quantitative estimate of drug-likeness (QED) is 0.420. The maximum Gasteiger partial charge on any atom is 0.330 e. The number of terminal acetylenes is 1. The first-order valence-corrected chi connectivity index (χ1v) is 6.03. The van der Waals surface area contributed by atoms with Gasteiger partial charge in [-0.05, 0) is 20.3 Å². The number of carbonyl (C=O) groups excluding carboxylic acids is 3. The van der Waals surface area contributed by atoms with Crippen LogP contribution >= 0.6 is 0 Å². The molecule has 1 rings (SSSR count). The summed E-state index contributed by atoms with van der Waals surface area (Å²) in [5.41, 5.74) is -0.635. The molecule has 1 aliphatic heterocycles. The molecule has 0 saturated carbocycles. The molecule has 0 N–H and O–H groups in total. The molecule has 0 spiro atoms. The standard InChI is InChI=1S/C13H18N2O4/c1-5-7-14-8-10(16)15(12(14)18)9-19-11(17)13(3,4)6-2/h1H,6-9H2,2-4H3. The maximum absolute atomic E-state index is 11.8. The van der Waals surface area contributed by atoms with Crippen molar-refractivity contribution in [2.45, 2.75) is 27.2 Å². The van der Waals surface area contributed by atoms with Crippen LogP contribution in [0.2, 0.25) is 0 Å². The van der Waals surface area contributed by atoms with Gasteiger partial charge in [0.15, 0.2) is 6.73 Å². The number of ether oxygens (including phenoxy) is 1. The summed E-state index contributed by atoms with van der Waals surface area (Å²) in [6.07, 6.45) is 5.71. The Morgan fingerprint density at radius 3 is 2.63 bits per heavy atom. The van der Waals surface area contributed by atoms with Crippen molar-refractivity contribution in [2.75, 3.05) is 19.8 Å². The summed E-state index contributed by atoms with van der Waals surface area (Å²) in [4.78, 5) is 37.3. The van der Waals surface area contributed by atoms with Gasteiger partial charge in [0.1, 0.15) is 6.54 Å². The van der Waals surface area contributed by atoms with Crippen molar-refractivity contribution in [1.82, 2.24) is 9.80 Å². The maximum atomic E-state index is 11.8. The third-order valence-electron chi connectivity index (χ3n) is 3.17. The molecule has 0 radical (unpaired) electrons. The normalized spacial score (nSPS) is 15.7. The number of amides is 3. The van der Waals surface area contributed by atoms with Crippen molar-refractivity contribution in [3.63, 3.8) is 0 Å². The van der Waals surface area contributed by atoms with E-state index in [0.717, 1.165) is 4.90 Å². The first-order valence-electron chi connectivity index (χ1n) is 6.03. The average molecular weight is 266 g/mol. The monoisotopic (exact) mass is 266 g/mol. The first kappa shape index (κ1) is 15.0. The Hall–Kier alpha value is -2.03. The van der Waals surface area contributed by atoms with E-state index in [2.05, 4.69) is 5.92 Å². The molecule has 1 aliphatic rings. The van der Waals surface area contributed by atoms with Crippen molar-refractivity contribution in [3.8, 4) is 12.3 Å². The minimum Gasteiger partial charge on any atom is -0.443 e. The molecule has 1 fully saturated rings. The molecule has 0 aromatic carbocycles. The highest BCUT2D eigenvalue weighted by molar-refractivity contribution is 6.02. The van der Waals surface area contributed by atoms with E-state index < -0.39 is 23.3 Å². The van der Waals surface area contributed by atoms with Gasteiger partial charge in [0.2, 0.25) is 0 Å². The van der Waals surface area contributed by atoms with Crippen LogP contribution in [0.15, 0.2) is 0 Å². The number of rotatable bonds is 5. The van der Waals surface area contributed by atoms with Crippen molar-refractivity contribution in [1.29, 1.82) is 0 Å². The van der Waals surface area contributed by atoms with Gasteiger partial charge in [0.25, 0.3) is 5.91 Å². The topological polar surface area (TPSA) is 66.9 Å². The third kappa shape index (κ3) is 3.25. The summed E-state index contributed by atoms with van der Waals surface area (Å²) in [6, 6.07) is -0.523. The van der Waals surface area contributed by atoms with Crippen LogP contribution in [0.5, 0.6) is 0 Å². The smallest absolute Gasteiger partial charge is 0.330 e. The summed E-state index contributed by atoms with van der Waals surface area (Å²) in [5.74, 6) is 1.44. The minimum absolute atomic E-state index is 0.0650. The van der Waals surface area contributed by atoms with Crippen LogP contribution in [0.4, 0.5) is 4.79 Å². The Kier molecular flexibility index (Phi) is 4.54. The summed E-state index contributed by atoms with van der Waals surface area (Å²) in [6.45, 7) is 4.98. The van der Waals surface area contributed by atoms with Crippen molar-refractivity contribution in [2.24, 2.45) is 5.41 Å². The first-order chi connectivity index (χ1) is 8.83. The Morgan fingerprint density at radius 1 is 1.47 bits per heavy atom. The van der Waals surface area contributed by atoms with E-state index >= 15 is 0 Å². The van der Waals surface area contributed by atoms with E-state index in [0.29, 0.717) is 6.42 Å². The Morgan fingerprint density at radius 2 is 2.11 bits per heavy atom. The molecule has 1 saturated heterocycles. The second-order valence-corrected chi connectivity index (χ2v) is 4.96. The largest absolute Gasteiger partial charge is 0.443 e. The summed E-state index contributed by atoms with van der Waals surface area (Å²) in [5, 5.41) is 0. The lowest BCUT2D eigenvalue weighted by Crippen LogP contribution is -2.37. The highest BCUT2D eigenvalue weighted by Crippen LogP contribution is 2.22. The van der Waals surface area contributed by atoms with Crippen molar-refractivity contribution >= 4 is 17.9 Å².